The number of amides is 1. The predicted molar refractivity (Wildman–Crippen MR) is 99.4 cm³/mol. The van der Waals surface area contributed by atoms with Crippen molar-refractivity contribution >= 4 is 11.6 Å². The molecule has 1 aromatic heterocycles. The van der Waals surface area contributed by atoms with Crippen LogP contribution in [-0.4, -0.2) is 24.0 Å². The maximum absolute atomic E-state index is 12.4. The number of hydrogen-bond acceptors (Lipinski definition) is 4. The molecule has 1 amide bonds. The van der Waals surface area contributed by atoms with Crippen LogP contribution in [0.2, 0.25) is 0 Å². The van der Waals surface area contributed by atoms with E-state index in [0.29, 0.717) is 24.1 Å². The Morgan fingerprint density at radius 2 is 2.28 bits per heavy atom. The maximum atomic E-state index is 12.4. The minimum absolute atomic E-state index is 0.0648. The summed E-state index contributed by atoms with van der Waals surface area (Å²) in [7, 11) is 0. The summed E-state index contributed by atoms with van der Waals surface area (Å²) in [6.07, 6.45) is 2.96. The molecule has 2 N–H and O–H groups in total. The molecule has 25 heavy (non-hydrogen) atoms. The molecule has 1 saturated heterocycles. The Balaban J connectivity index is 1.62. The molecule has 1 aliphatic rings. The number of aromatic nitrogens is 1. The fraction of sp³-hybridized carbons (Fsp3) is 0.500. The SMILES string of the molecule is Cc1nc(-c2cccc(NC(=O)CC(C)C3CCCNC3)c2)oc1C. The average molecular weight is 341 g/mol. The fourth-order valence-corrected chi connectivity index (χ4v) is 3.36. The van der Waals surface area contributed by atoms with Crippen LogP contribution in [0.4, 0.5) is 5.69 Å². The van der Waals surface area contributed by atoms with E-state index in [0.717, 1.165) is 35.8 Å². The van der Waals surface area contributed by atoms with Crippen LogP contribution in [0.15, 0.2) is 28.7 Å². The van der Waals surface area contributed by atoms with Gasteiger partial charge in [-0.3, -0.25) is 4.79 Å². The number of piperidine rings is 1. The standard InChI is InChI=1S/C20H27N3O2/c1-13(17-7-5-9-21-12-17)10-19(24)23-18-8-4-6-16(11-18)20-22-14(2)15(3)25-20/h4,6,8,11,13,17,21H,5,7,9-10,12H2,1-3H3,(H,23,24). The van der Waals surface area contributed by atoms with Crippen LogP contribution in [0.25, 0.3) is 11.5 Å². The molecular weight excluding hydrogens is 314 g/mol. The second kappa shape index (κ2) is 7.83. The van der Waals surface area contributed by atoms with Gasteiger partial charge in [0.05, 0.1) is 5.69 Å². The van der Waals surface area contributed by atoms with Gasteiger partial charge in [-0.1, -0.05) is 13.0 Å². The summed E-state index contributed by atoms with van der Waals surface area (Å²) in [6.45, 7) is 8.12. The van der Waals surface area contributed by atoms with E-state index < -0.39 is 0 Å². The lowest BCUT2D eigenvalue weighted by Gasteiger charge is -2.28. The van der Waals surface area contributed by atoms with E-state index in [1.807, 2.05) is 38.1 Å². The second-order valence-electron chi connectivity index (χ2n) is 7.08. The number of aryl methyl sites for hydroxylation is 2. The van der Waals surface area contributed by atoms with Gasteiger partial charge >= 0.3 is 0 Å². The molecule has 0 aliphatic carbocycles. The molecule has 0 saturated carbocycles. The van der Waals surface area contributed by atoms with E-state index in [4.69, 9.17) is 4.42 Å². The average Bonchev–Trinajstić information content (AvgIpc) is 2.95. The first-order valence-corrected chi connectivity index (χ1v) is 9.08. The number of nitrogens with zero attached hydrogens (tertiary/aromatic N) is 1. The van der Waals surface area contributed by atoms with Crippen LogP contribution >= 0.6 is 0 Å². The number of nitrogens with one attached hydrogen (secondary N) is 2. The van der Waals surface area contributed by atoms with Gasteiger partial charge in [0.1, 0.15) is 5.76 Å². The largest absolute Gasteiger partial charge is 0.441 e. The first kappa shape index (κ1) is 17.7. The van der Waals surface area contributed by atoms with Gasteiger partial charge in [-0.25, -0.2) is 4.98 Å². The summed E-state index contributed by atoms with van der Waals surface area (Å²) in [4.78, 5) is 16.8. The van der Waals surface area contributed by atoms with Crippen molar-refractivity contribution in [1.29, 1.82) is 0 Å². The fourth-order valence-electron chi connectivity index (χ4n) is 3.36. The zero-order chi connectivity index (χ0) is 17.8. The minimum Gasteiger partial charge on any atom is -0.441 e. The topological polar surface area (TPSA) is 67.2 Å². The number of rotatable bonds is 5. The van der Waals surface area contributed by atoms with Crippen molar-refractivity contribution in [3.05, 3.63) is 35.7 Å². The van der Waals surface area contributed by atoms with Crippen LogP contribution in [0, 0.1) is 25.7 Å². The van der Waals surface area contributed by atoms with Crippen molar-refractivity contribution in [3.8, 4) is 11.5 Å². The van der Waals surface area contributed by atoms with Crippen LogP contribution in [-0.2, 0) is 4.79 Å². The van der Waals surface area contributed by atoms with Crippen molar-refractivity contribution in [2.75, 3.05) is 18.4 Å². The van der Waals surface area contributed by atoms with E-state index in [1.165, 1.54) is 12.8 Å². The lowest BCUT2D eigenvalue weighted by atomic mass is 9.85. The Bertz CT molecular complexity index is 713. The molecule has 1 aliphatic heterocycles. The summed E-state index contributed by atoms with van der Waals surface area (Å²) in [5, 5.41) is 6.44. The normalized spacial score (nSPS) is 18.8. The molecule has 2 aromatic rings. The summed E-state index contributed by atoms with van der Waals surface area (Å²) in [6, 6.07) is 7.66. The number of carbonyl (C=O) groups is 1. The van der Waals surface area contributed by atoms with Gasteiger partial charge in [-0.2, -0.15) is 0 Å². The molecule has 1 aromatic carbocycles. The van der Waals surface area contributed by atoms with Crippen molar-refractivity contribution in [3.63, 3.8) is 0 Å². The molecule has 2 unspecified atom stereocenters. The summed E-state index contributed by atoms with van der Waals surface area (Å²) in [5.74, 6) is 2.44. The van der Waals surface area contributed by atoms with Gasteiger partial charge in [0, 0.05) is 17.7 Å². The van der Waals surface area contributed by atoms with Crippen molar-refractivity contribution in [1.82, 2.24) is 10.3 Å². The van der Waals surface area contributed by atoms with Crippen molar-refractivity contribution in [2.45, 2.75) is 40.0 Å². The number of oxazole rings is 1. The molecule has 0 spiro atoms. The first-order chi connectivity index (χ1) is 12.0. The van der Waals surface area contributed by atoms with Crippen LogP contribution in [0.1, 0.15) is 37.6 Å². The highest BCUT2D eigenvalue weighted by atomic mass is 16.4. The second-order valence-corrected chi connectivity index (χ2v) is 7.08. The highest BCUT2D eigenvalue weighted by Gasteiger charge is 2.22. The maximum Gasteiger partial charge on any atom is 0.226 e. The van der Waals surface area contributed by atoms with Gasteiger partial charge in [0.25, 0.3) is 0 Å². The monoisotopic (exact) mass is 341 g/mol. The third-order valence-corrected chi connectivity index (χ3v) is 5.07. The smallest absolute Gasteiger partial charge is 0.226 e. The number of anilines is 1. The van der Waals surface area contributed by atoms with Gasteiger partial charge in [-0.05, 0) is 69.8 Å². The zero-order valence-electron chi connectivity index (χ0n) is 15.3. The Kier molecular flexibility index (Phi) is 5.53. The van der Waals surface area contributed by atoms with Crippen LogP contribution in [0.5, 0.6) is 0 Å². The van der Waals surface area contributed by atoms with E-state index in [2.05, 4.69) is 22.5 Å². The quantitative estimate of drug-likeness (QED) is 0.865. The van der Waals surface area contributed by atoms with Gasteiger partial charge in [-0.15, -0.1) is 0 Å². The third kappa shape index (κ3) is 4.48. The lowest BCUT2D eigenvalue weighted by molar-refractivity contribution is -0.117. The lowest BCUT2D eigenvalue weighted by Crippen LogP contribution is -2.34. The van der Waals surface area contributed by atoms with Gasteiger partial charge < -0.3 is 15.1 Å². The molecule has 5 nitrogen and oxygen atoms in total. The minimum atomic E-state index is 0.0648. The van der Waals surface area contributed by atoms with E-state index in [1.54, 1.807) is 0 Å². The van der Waals surface area contributed by atoms with E-state index in [9.17, 15) is 4.79 Å². The van der Waals surface area contributed by atoms with E-state index >= 15 is 0 Å². The zero-order valence-corrected chi connectivity index (χ0v) is 15.3. The van der Waals surface area contributed by atoms with Crippen LogP contribution < -0.4 is 10.6 Å². The molecule has 2 atom stereocenters. The van der Waals surface area contributed by atoms with Crippen LogP contribution in [0.3, 0.4) is 0 Å². The molecule has 0 bridgehead atoms. The number of hydrogen-bond donors (Lipinski definition) is 2. The number of benzene rings is 1. The first-order valence-electron chi connectivity index (χ1n) is 9.08. The Hall–Kier alpha value is -2.14. The Morgan fingerprint density at radius 3 is 2.96 bits per heavy atom. The Morgan fingerprint density at radius 1 is 1.44 bits per heavy atom. The molecule has 134 valence electrons. The van der Waals surface area contributed by atoms with Crippen molar-refractivity contribution < 1.29 is 9.21 Å². The molecule has 3 rings (SSSR count). The molecule has 5 heteroatoms. The molecule has 0 radical (unpaired) electrons. The van der Waals surface area contributed by atoms with Crippen molar-refractivity contribution in [2.24, 2.45) is 11.8 Å². The number of carbonyl (C=O) groups excluding carboxylic acids is 1. The van der Waals surface area contributed by atoms with Gasteiger partial charge in [0.2, 0.25) is 11.8 Å². The molecule has 1 fully saturated rings. The van der Waals surface area contributed by atoms with Gasteiger partial charge in [0.15, 0.2) is 0 Å². The Labute approximate surface area is 149 Å². The molecular formula is C20H27N3O2. The summed E-state index contributed by atoms with van der Waals surface area (Å²) in [5.41, 5.74) is 2.54. The predicted octanol–water partition coefficient (Wildman–Crippen LogP) is 3.92. The summed E-state index contributed by atoms with van der Waals surface area (Å²) < 4.78 is 5.67. The highest BCUT2D eigenvalue weighted by molar-refractivity contribution is 5.91. The van der Waals surface area contributed by atoms with E-state index in [-0.39, 0.29) is 5.91 Å². The molecule has 2 heterocycles. The summed E-state index contributed by atoms with van der Waals surface area (Å²) >= 11 is 0. The highest BCUT2D eigenvalue weighted by Crippen LogP contribution is 2.25. The third-order valence-electron chi connectivity index (χ3n) is 5.07.